The number of rotatable bonds is 5. The molecule has 0 aliphatic carbocycles. The van der Waals surface area contributed by atoms with Crippen LogP contribution >= 0.6 is 11.8 Å². The van der Waals surface area contributed by atoms with Gasteiger partial charge in [0, 0.05) is 11.3 Å². The van der Waals surface area contributed by atoms with Gasteiger partial charge in [0.25, 0.3) is 0 Å². The van der Waals surface area contributed by atoms with Crippen LogP contribution in [0, 0.1) is 0 Å². The molecule has 2 amide bonds. The Balaban J connectivity index is 1.67. The van der Waals surface area contributed by atoms with Gasteiger partial charge in [-0.3, -0.25) is 0 Å². The van der Waals surface area contributed by atoms with Crippen molar-refractivity contribution in [1.29, 1.82) is 0 Å². The molecule has 3 N–H and O–H groups in total. The molecule has 5 nitrogen and oxygen atoms in total. The van der Waals surface area contributed by atoms with E-state index in [0.29, 0.717) is 12.3 Å². The SMILES string of the molecule is CC1(CNC(=O)NCC(O)c2ccco2)CCCS1. The van der Waals surface area contributed by atoms with Crippen molar-refractivity contribution in [3.63, 3.8) is 0 Å². The molecule has 1 aromatic heterocycles. The van der Waals surface area contributed by atoms with Crippen LogP contribution in [0.1, 0.15) is 31.6 Å². The van der Waals surface area contributed by atoms with E-state index in [0.717, 1.165) is 12.2 Å². The van der Waals surface area contributed by atoms with Gasteiger partial charge >= 0.3 is 6.03 Å². The van der Waals surface area contributed by atoms with Crippen LogP contribution in [0.5, 0.6) is 0 Å². The van der Waals surface area contributed by atoms with Gasteiger partial charge in [-0.15, -0.1) is 0 Å². The Kier molecular flexibility index (Phi) is 4.76. The third-order valence-electron chi connectivity index (χ3n) is 3.25. The minimum atomic E-state index is -0.808. The molecule has 2 atom stereocenters. The molecule has 1 aliphatic heterocycles. The summed E-state index contributed by atoms with van der Waals surface area (Å²) in [6.07, 6.45) is 3.03. The van der Waals surface area contributed by atoms with E-state index in [1.807, 2.05) is 11.8 Å². The molecule has 6 heteroatoms. The van der Waals surface area contributed by atoms with Crippen molar-refractivity contribution in [2.75, 3.05) is 18.8 Å². The summed E-state index contributed by atoms with van der Waals surface area (Å²) >= 11 is 1.90. The first-order valence-corrected chi connectivity index (χ1v) is 7.45. The van der Waals surface area contributed by atoms with Gasteiger partial charge in [0.1, 0.15) is 11.9 Å². The van der Waals surface area contributed by atoms with Gasteiger partial charge < -0.3 is 20.2 Å². The molecule has 0 aromatic carbocycles. The average Bonchev–Trinajstić information content (AvgIpc) is 3.05. The zero-order chi connectivity index (χ0) is 13.7. The maximum Gasteiger partial charge on any atom is 0.314 e. The Morgan fingerprint density at radius 3 is 3.11 bits per heavy atom. The number of aliphatic hydroxyl groups excluding tert-OH is 1. The number of carbonyl (C=O) groups excluding carboxylic acids is 1. The predicted octanol–water partition coefficient (Wildman–Crippen LogP) is 1.90. The zero-order valence-electron chi connectivity index (χ0n) is 11.0. The van der Waals surface area contributed by atoms with Crippen molar-refractivity contribution < 1.29 is 14.3 Å². The predicted molar refractivity (Wildman–Crippen MR) is 75.2 cm³/mol. The monoisotopic (exact) mass is 284 g/mol. The Morgan fingerprint density at radius 2 is 2.47 bits per heavy atom. The Hall–Kier alpha value is -1.14. The second kappa shape index (κ2) is 6.34. The van der Waals surface area contributed by atoms with Gasteiger partial charge in [0.15, 0.2) is 0 Å². The molecule has 0 saturated carbocycles. The van der Waals surface area contributed by atoms with Crippen LogP contribution in [0.25, 0.3) is 0 Å². The van der Waals surface area contributed by atoms with Gasteiger partial charge in [-0.05, 0) is 37.7 Å². The molecule has 1 saturated heterocycles. The number of thioether (sulfide) groups is 1. The smallest absolute Gasteiger partial charge is 0.314 e. The second-order valence-corrected chi connectivity index (χ2v) is 6.68. The quantitative estimate of drug-likeness (QED) is 0.772. The van der Waals surface area contributed by atoms with Crippen LogP contribution in [0.4, 0.5) is 4.79 Å². The van der Waals surface area contributed by atoms with Crippen LogP contribution in [-0.4, -0.2) is 34.7 Å². The second-order valence-electron chi connectivity index (χ2n) is 5.00. The summed E-state index contributed by atoms with van der Waals surface area (Å²) in [5.41, 5.74) is 0. The Morgan fingerprint density at radius 1 is 1.63 bits per heavy atom. The summed E-state index contributed by atoms with van der Waals surface area (Å²) < 4.78 is 5.21. The molecular weight excluding hydrogens is 264 g/mol. The van der Waals surface area contributed by atoms with E-state index in [1.54, 1.807) is 12.1 Å². The largest absolute Gasteiger partial charge is 0.467 e. The number of aliphatic hydroxyl groups is 1. The highest BCUT2D eigenvalue weighted by atomic mass is 32.2. The van der Waals surface area contributed by atoms with Gasteiger partial charge in [-0.25, -0.2) is 4.79 Å². The molecular formula is C13H20N2O3S. The van der Waals surface area contributed by atoms with Crippen molar-refractivity contribution >= 4 is 17.8 Å². The van der Waals surface area contributed by atoms with Crippen LogP contribution in [-0.2, 0) is 0 Å². The molecule has 1 aromatic rings. The molecule has 1 aliphatic rings. The van der Waals surface area contributed by atoms with Crippen molar-refractivity contribution in [2.45, 2.75) is 30.6 Å². The van der Waals surface area contributed by atoms with E-state index in [-0.39, 0.29) is 17.3 Å². The van der Waals surface area contributed by atoms with E-state index >= 15 is 0 Å². The van der Waals surface area contributed by atoms with E-state index < -0.39 is 6.10 Å². The number of furan rings is 1. The van der Waals surface area contributed by atoms with Crippen molar-refractivity contribution in [1.82, 2.24) is 10.6 Å². The van der Waals surface area contributed by atoms with Crippen LogP contribution in [0.3, 0.4) is 0 Å². The summed E-state index contributed by atoms with van der Waals surface area (Å²) in [6.45, 7) is 2.96. The summed E-state index contributed by atoms with van der Waals surface area (Å²) in [6, 6.07) is 3.14. The summed E-state index contributed by atoms with van der Waals surface area (Å²) in [5.74, 6) is 1.62. The first-order valence-electron chi connectivity index (χ1n) is 6.46. The molecule has 106 valence electrons. The molecule has 2 rings (SSSR count). The molecule has 2 heterocycles. The lowest BCUT2D eigenvalue weighted by atomic mass is 10.1. The first kappa shape index (κ1) is 14.3. The fraction of sp³-hybridized carbons (Fsp3) is 0.615. The lowest BCUT2D eigenvalue weighted by molar-refractivity contribution is 0.148. The van der Waals surface area contributed by atoms with E-state index in [2.05, 4.69) is 17.6 Å². The maximum atomic E-state index is 11.6. The number of urea groups is 1. The maximum absolute atomic E-state index is 11.6. The number of nitrogens with one attached hydrogen (secondary N) is 2. The highest BCUT2D eigenvalue weighted by molar-refractivity contribution is 8.00. The molecule has 1 fully saturated rings. The number of hydrogen-bond acceptors (Lipinski definition) is 4. The third-order valence-corrected chi connectivity index (χ3v) is 4.79. The van der Waals surface area contributed by atoms with Crippen LogP contribution in [0.15, 0.2) is 22.8 Å². The molecule has 2 unspecified atom stereocenters. The number of hydrogen-bond donors (Lipinski definition) is 3. The number of carbonyl (C=O) groups is 1. The van der Waals surface area contributed by atoms with E-state index in [9.17, 15) is 9.90 Å². The summed E-state index contributed by atoms with van der Waals surface area (Å²) in [4.78, 5) is 11.6. The first-order chi connectivity index (χ1) is 9.09. The topological polar surface area (TPSA) is 74.5 Å². The van der Waals surface area contributed by atoms with Crippen molar-refractivity contribution in [3.05, 3.63) is 24.2 Å². The van der Waals surface area contributed by atoms with Gasteiger partial charge in [0.05, 0.1) is 12.8 Å². The van der Waals surface area contributed by atoms with Crippen LogP contribution < -0.4 is 10.6 Å². The fourth-order valence-electron chi connectivity index (χ4n) is 2.08. The number of amides is 2. The molecule has 0 radical (unpaired) electrons. The minimum Gasteiger partial charge on any atom is -0.467 e. The van der Waals surface area contributed by atoms with E-state index in [4.69, 9.17) is 4.42 Å². The van der Waals surface area contributed by atoms with Gasteiger partial charge in [0.2, 0.25) is 0 Å². The summed E-state index contributed by atoms with van der Waals surface area (Å²) in [5, 5.41) is 15.2. The lowest BCUT2D eigenvalue weighted by Gasteiger charge is -2.23. The third kappa shape index (κ3) is 4.18. The highest BCUT2D eigenvalue weighted by Gasteiger charge is 2.29. The summed E-state index contributed by atoms with van der Waals surface area (Å²) in [7, 11) is 0. The minimum absolute atomic E-state index is 0.142. The Bertz CT molecular complexity index is 402. The molecule has 0 spiro atoms. The standard InChI is InChI=1S/C13H20N2O3S/c1-13(5-3-7-19-13)9-15-12(17)14-8-10(16)11-4-2-6-18-11/h2,4,6,10,16H,3,5,7-9H2,1H3,(H2,14,15,17). The normalized spacial score (nSPS) is 24.1. The van der Waals surface area contributed by atoms with Gasteiger partial charge in [-0.1, -0.05) is 0 Å². The Labute approximate surface area is 117 Å². The van der Waals surface area contributed by atoms with Crippen LogP contribution in [0.2, 0.25) is 0 Å². The van der Waals surface area contributed by atoms with E-state index in [1.165, 1.54) is 12.7 Å². The van der Waals surface area contributed by atoms with Gasteiger partial charge in [-0.2, -0.15) is 11.8 Å². The lowest BCUT2D eigenvalue weighted by Crippen LogP contribution is -2.43. The average molecular weight is 284 g/mol. The molecule has 0 bridgehead atoms. The zero-order valence-corrected chi connectivity index (χ0v) is 11.8. The van der Waals surface area contributed by atoms with Crippen molar-refractivity contribution in [2.24, 2.45) is 0 Å². The molecule has 19 heavy (non-hydrogen) atoms. The fourth-order valence-corrected chi connectivity index (χ4v) is 3.32. The van der Waals surface area contributed by atoms with Crippen molar-refractivity contribution in [3.8, 4) is 0 Å². The highest BCUT2D eigenvalue weighted by Crippen LogP contribution is 2.36.